The normalized spacial score (nSPS) is 28.0. The van der Waals surface area contributed by atoms with E-state index in [2.05, 4.69) is 15.5 Å². The van der Waals surface area contributed by atoms with Gasteiger partial charge in [0.1, 0.15) is 0 Å². The Bertz CT molecular complexity index is 154. The van der Waals surface area contributed by atoms with Crippen LogP contribution >= 0.6 is 0 Å². The summed E-state index contributed by atoms with van der Waals surface area (Å²) in [6.45, 7) is 3.90. The summed E-state index contributed by atoms with van der Waals surface area (Å²) in [6.07, 6.45) is 8.30. The van der Waals surface area contributed by atoms with Crippen molar-refractivity contribution in [3.63, 3.8) is 0 Å². The topological polar surface area (TPSA) is 27.7 Å². The fraction of sp³-hybridized carbons (Fsp3) is 1.00. The predicted molar refractivity (Wildman–Crippen MR) is 85.9 cm³/mol. The molecule has 3 saturated heterocycles. The Morgan fingerprint density at radius 3 is 1.32 bits per heavy atom. The Morgan fingerprint density at radius 1 is 0.684 bits per heavy atom. The minimum absolute atomic E-state index is 0. The molecule has 3 rings (SSSR count). The maximum absolute atomic E-state index is 5.51. The Balaban J connectivity index is -0.000000253. The van der Waals surface area contributed by atoms with Gasteiger partial charge in [0.05, 0.1) is 12.2 Å². The molecular formula is C12H26B4O3. The molecule has 3 aliphatic rings. The smallest absolute Gasteiger partial charge is 0.0837 e. The lowest BCUT2D eigenvalue weighted by atomic mass is 9.81. The lowest BCUT2D eigenvalue weighted by Gasteiger charge is -2.15. The highest BCUT2D eigenvalue weighted by molar-refractivity contribution is 6.75. The van der Waals surface area contributed by atoms with Crippen molar-refractivity contribution >= 4 is 32.3 Å². The standard InChI is InChI=1S/C8H14O2.C4H8O.B2.2BH.H2/c1-3-7(9-5-1)8-4-2-6-10-8;1-2-4-5-3-1;1-2;;;/h7-8H,1-6H2;1-4H2;;3*1H. The van der Waals surface area contributed by atoms with Crippen LogP contribution in [0.4, 0.5) is 0 Å². The Morgan fingerprint density at radius 2 is 1.11 bits per heavy atom. The molecule has 19 heavy (non-hydrogen) atoms. The van der Waals surface area contributed by atoms with E-state index < -0.39 is 0 Å². The summed E-state index contributed by atoms with van der Waals surface area (Å²) in [6, 6.07) is 0. The molecule has 2 atom stereocenters. The van der Waals surface area contributed by atoms with Gasteiger partial charge in [-0.25, -0.2) is 0 Å². The Kier molecular flexibility index (Phi) is 16.4. The first kappa shape index (κ1) is 21.4. The van der Waals surface area contributed by atoms with Gasteiger partial charge in [0, 0.05) is 60.2 Å². The summed E-state index contributed by atoms with van der Waals surface area (Å²) >= 11 is 0. The average Bonchev–Trinajstić information content (AvgIpc) is 3.15. The third-order valence-electron chi connectivity index (χ3n) is 3.17. The molecule has 0 aromatic rings. The third kappa shape index (κ3) is 8.82. The molecule has 3 heterocycles. The molecule has 104 valence electrons. The highest BCUT2D eigenvalue weighted by atomic mass is 16.5. The van der Waals surface area contributed by atoms with Crippen LogP contribution < -0.4 is 0 Å². The van der Waals surface area contributed by atoms with Crippen molar-refractivity contribution in [2.45, 2.75) is 50.7 Å². The average molecular weight is 262 g/mol. The van der Waals surface area contributed by atoms with Gasteiger partial charge < -0.3 is 14.2 Å². The van der Waals surface area contributed by atoms with Crippen molar-refractivity contribution in [1.82, 2.24) is 0 Å². The summed E-state index contributed by atoms with van der Waals surface area (Å²) in [5.74, 6) is 0. The second kappa shape index (κ2) is 14.5. The second-order valence-corrected chi connectivity index (χ2v) is 4.42. The second-order valence-electron chi connectivity index (χ2n) is 4.42. The number of ether oxygens (including phenoxy) is 3. The van der Waals surface area contributed by atoms with Gasteiger partial charge in [-0.15, -0.1) is 0 Å². The third-order valence-corrected chi connectivity index (χ3v) is 3.17. The zero-order valence-corrected chi connectivity index (χ0v) is 12.0. The van der Waals surface area contributed by atoms with E-state index in [1.165, 1.54) is 38.5 Å². The molecule has 3 nitrogen and oxygen atoms in total. The van der Waals surface area contributed by atoms with E-state index >= 15 is 0 Å². The van der Waals surface area contributed by atoms with Gasteiger partial charge in [0.25, 0.3) is 0 Å². The van der Waals surface area contributed by atoms with Crippen LogP contribution in [0.15, 0.2) is 0 Å². The molecule has 7 heteroatoms. The first-order chi connectivity index (χ1) is 8.47. The van der Waals surface area contributed by atoms with Crippen LogP contribution in [-0.2, 0) is 14.2 Å². The number of hydrogen-bond acceptors (Lipinski definition) is 3. The summed E-state index contributed by atoms with van der Waals surface area (Å²) in [7, 11) is 8.00. The lowest BCUT2D eigenvalue weighted by Crippen LogP contribution is -2.23. The molecule has 3 fully saturated rings. The van der Waals surface area contributed by atoms with Crippen molar-refractivity contribution in [2.75, 3.05) is 26.4 Å². The zero-order chi connectivity index (χ0) is 12.3. The minimum Gasteiger partial charge on any atom is -0.381 e. The summed E-state index contributed by atoms with van der Waals surface area (Å²) in [5.41, 5.74) is 0. The predicted octanol–water partition coefficient (Wildman–Crippen LogP) is 0.329. The molecule has 0 aromatic heterocycles. The molecule has 0 saturated carbocycles. The van der Waals surface area contributed by atoms with Gasteiger partial charge >= 0.3 is 0 Å². The first-order valence-electron chi connectivity index (χ1n) is 6.61. The van der Waals surface area contributed by atoms with Gasteiger partial charge in [0.2, 0.25) is 0 Å². The van der Waals surface area contributed by atoms with E-state index in [1.54, 1.807) is 0 Å². The van der Waals surface area contributed by atoms with Crippen molar-refractivity contribution in [3.05, 3.63) is 0 Å². The van der Waals surface area contributed by atoms with Gasteiger partial charge in [0.15, 0.2) is 0 Å². The molecule has 3 aliphatic heterocycles. The van der Waals surface area contributed by atoms with Crippen molar-refractivity contribution in [3.8, 4) is 0 Å². The largest absolute Gasteiger partial charge is 0.381 e. The fourth-order valence-electron chi connectivity index (χ4n) is 2.30. The van der Waals surface area contributed by atoms with Crippen molar-refractivity contribution in [1.29, 1.82) is 0 Å². The molecule has 0 N–H and O–H groups in total. The molecule has 0 aliphatic carbocycles. The van der Waals surface area contributed by atoms with Crippen LogP contribution in [0.3, 0.4) is 0 Å². The highest BCUT2D eigenvalue weighted by Crippen LogP contribution is 2.24. The zero-order valence-electron chi connectivity index (χ0n) is 12.0. The number of rotatable bonds is 1. The van der Waals surface area contributed by atoms with E-state index in [4.69, 9.17) is 14.2 Å². The lowest BCUT2D eigenvalue weighted by molar-refractivity contribution is -0.0173. The van der Waals surface area contributed by atoms with Gasteiger partial charge in [-0.05, 0) is 38.5 Å². The molecule has 0 aromatic carbocycles. The maximum atomic E-state index is 5.51. The molecule has 2 unspecified atom stereocenters. The van der Waals surface area contributed by atoms with Crippen molar-refractivity contribution < 1.29 is 15.6 Å². The van der Waals surface area contributed by atoms with Crippen LogP contribution in [-0.4, -0.2) is 70.9 Å². The van der Waals surface area contributed by atoms with Crippen molar-refractivity contribution in [2.24, 2.45) is 0 Å². The fourth-order valence-corrected chi connectivity index (χ4v) is 2.30. The monoisotopic (exact) mass is 262 g/mol. The maximum Gasteiger partial charge on any atom is 0.0837 e. The van der Waals surface area contributed by atoms with Crippen LogP contribution in [0.2, 0.25) is 0 Å². The minimum atomic E-state index is 0. The van der Waals surface area contributed by atoms with Gasteiger partial charge in [-0.2, -0.15) is 0 Å². The van der Waals surface area contributed by atoms with Crippen LogP contribution in [0.5, 0.6) is 0 Å². The summed E-state index contributed by atoms with van der Waals surface area (Å²) < 4.78 is 16.0. The van der Waals surface area contributed by atoms with Crippen LogP contribution in [0.1, 0.15) is 40.0 Å². The quantitative estimate of drug-likeness (QED) is 0.637. The van der Waals surface area contributed by atoms with E-state index in [1.807, 2.05) is 0 Å². The summed E-state index contributed by atoms with van der Waals surface area (Å²) in [5, 5.41) is 0. The van der Waals surface area contributed by atoms with Crippen LogP contribution in [0, 0.1) is 0 Å². The molecule has 0 amide bonds. The molecule has 0 bridgehead atoms. The van der Waals surface area contributed by atoms with E-state index in [0.29, 0.717) is 12.2 Å². The Labute approximate surface area is 126 Å². The first-order valence-corrected chi connectivity index (χ1v) is 6.61. The van der Waals surface area contributed by atoms with E-state index in [9.17, 15) is 0 Å². The molecule has 0 spiro atoms. The summed E-state index contributed by atoms with van der Waals surface area (Å²) in [4.78, 5) is 0. The van der Waals surface area contributed by atoms with E-state index in [0.717, 1.165) is 26.4 Å². The van der Waals surface area contributed by atoms with Crippen LogP contribution in [0.25, 0.3) is 0 Å². The molecule has 8 radical (unpaired) electrons. The van der Waals surface area contributed by atoms with E-state index in [-0.39, 0.29) is 18.3 Å². The highest BCUT2D eigenvalue weighted by Gasteiger charge is 2.28. The molecular weight excluding hydrogens is 235 g/mol. The van der Waals surface area contributed by atoms with Gasteiger partial charge in [-0.3, -0.25) is 0 Å². The Hall–Kier alpha value is 0.140. The number of hydrogen-bond donors (Lipinski definition) is 0. The SMILES string of the molecule is C1CCOC1.C1COC(C2CCCO2)C1.[BH].[BH].[B][B].[HH]. The van der Waals surface area contributed by atoms with Gasteiger partial charge in [-0.1, -0.05) is 0 Å².